The molecule has 1 fully saturated rings. The van der Waals surface area contributed by atoms with E-state index in [0.29, 0.717) is 48.5 Å². The van der Waals surface area contributed by atoms with Crippen LogP contribution in [0.4, 0.5) is 4.79 Å². The molecule has 34 heavy (non-hydrogen) atoms. The first-order valence-corrected chi connectivity index (χ1v) is 11.0. The number of hydrogen-bond acceptors (Lipinski definition) is 7. The Kier molecular flexibility index (Phi) is 5.39. The third-order valence-corrected chi connectivity index (χ3v) is 6.15. The highest BCUT2D eigenvalue weighted by Gasteiger charge is 2.21. The monoisotopic (exact) mass is 463 g/mol. The summed E-state index contributed by atoms with van der Waals surface area (Å²) in [4.78, 5) is 26.2. The van der Waals surface area contributed by atoms with Gasteiger partial charge in [-0.3, -0.25) is 4.79 Å². The number of methoxy groups -OCH3 is 1. The first-order valence-electron chi connectivity index (χ1n) is 11.0. The van der Waals surface area contributed by atoms with Crippen LogP contribution in [0.3, 0.4) is 0 Å². The number of nitrogens with zero attached hydrogens (tertiary/aromatic N) is 3. The summed E-state index contributed by atoms with van der Waals surface area (Å²) in [6.45, 7) is 5.41. The third-order valence-electron chi connectivity index (χ3n) is 6.15. The zero-order chi connectivity index (χ0) is 24.0. The van der Waals surface area contributed by atoms with E-state index in [0.717, 1.165) is 33.2 Å². The minimum absolute atomic E-state index is 0.188. The molecule has 9 nitrogen and oxygen atoms in total. The van der Waals surface area contributed by atoms with E-state index in [1.165, 1.54) is 4.74 Å². The lowest BCUT2D eigenvalue weighted by molar-refractivity contribution is 0.159. The Morgan fingerprint density at radius 3 is 2.47 bits per heavy atom. The van der Waals surface area contributed by atoms with Crippen LogP contribution in [0.15, 0.2) is 44.2 Å². The van der Waals surface area contributed by atoms with Gasteiger partial charge >= 0.3 is 6.09 Å². The molecule has 5 rings (SSSR count). The van der Waals surface area contributed by atoms with Gasteiger partial charge in [0, 0.05) is 13.6 Å². The Labute approximate surface area is 195 Å². The van der Waals surface area contributed by atoms with Crippen molar-refractivity contribution in [3.05, 3.63) is 62.9 Å². The zero-order valence-corrected chi connectivity index (χ0v) is 19.5. The second kappa shape index (κ2) is 8.40. The average molecular weight is 463 g/mol. The highest BCUT2D eigenvalue weighted by atomic mass is 16.6. The molecular formula is C25H25N3O6. The quantitative estimate of drug-likeness (QED) is 0.423. The summed E-state index contributed by atoms with van der Waals surface area (Å²) in [6.07, 6.45) is 2.40. The number of rotatable bonds is 6. The summed E-state index contributed by atoms with van der Waals surface area (Å²) in [5.41, 5.74) is 5.54. The highest BCUT2D eigenvalue weighted by molar-refractivity contribution is 5.93. The summed E-state index contributed by atoms with van der Waals surface area (Å²) in [5, 5.41) is 5.30. The smallest absolute Gasteiger partial charge is 0.409 e. The van der Waals surface area contributed by atoms with Crippen LogP contribution >= 0.6 is 0 Å². The molecule has 0 radical (unpaired) electrons. The van der Waals surface area contributed by atoms with E-state index < -0.39 is 0 Å². The largest absolute Gasteiger partial charge is 0.478 e. The maximum absolute atomic E-state index is 12.6. The summed E-state index contributed by atoms with van der Waals surface area (Å²) < 4.78 is 22.7. The average Bonchev–Trinajstić information content (AvgIpc) is 3.50. The van der Waals surface area contributed by atoms with Crippen LogP contribution < -0.4 is 10.3 Å². The number of fused-ring (bicyclic) bond motifs is 2. The van der Waals surface area contributed by atoms with Gasteiger partial charge in [0.1, 0.15) is 6.61 Å². The number of cyclic esters (lactones) is 1. The molecule has 0 unspecified atom stereocenters. The van der Waals surface area contributed by atoms with Crippen LogP contribution in [0, 0.1) is 13.8 Å². The third kappa shape index (κ3) is 3.63. The molecule has 4 aromatic rings. The molecule has 0 N–H and O–H groups in total. The van der Waals surface area contributed by atoms with Crippen molar-refractivity contribution >= 4 is 33.6 Å². The molecule has 3 heterocycles. The zero-order valence-electron chi connectivity index (χ0n) is 19.5. The number of carbonyl (C=O) groups excluding carboxylic acids is 1. The predicted molar refractivity (Wildman–Crippen MR) is 126 cm³/mol. The van der Waals surface area contributed by atoms with Crippen molar-refractivity contribution in [3.63, 3.8) is 0 Å². The number of aromatic nitrogens is 2. The van der Waals surface area contributed by atoms with Gasteiger partial charge in [-0.25, -0.2) is 4.79 Å². The fourth-order valence-corrected chi connectivity index (χ4v) is 4.45. The number of ether oxygens (including phenoxy) is 2. The molecule has 9 heteroatoms. The molecule has 0 spiro atoms. The molecule has 0 saturated carbocycles. The summed E-state index contributed by atoms with van der Waals surface area (Å²) in [6, 6.07) is 7.86. The van der Waals surface area contributed by atoms with E-state index in [9.17, 15) is 9.59 Å². The van der Waals surface area contributed by atoms with E-state index in [-0.39, 0.29) is 11.7 Å². The van der Waals surface area contributed by atoms with Gasteiger partial charge in [0.15, 0.2) is 11.2 Å². The van der Waals surface area contributed by atoms with Gasteiger partial charge in [0.25, 0.3) is 11.4 Å². The van der Waals surface area contributed by atoms with Crippen molar-refractivity contribution in [2.45, 2.75) is 20.3 Å². The summed E-state index contributed by atoms with van der Waals surface area (Å²) in [5.74, 6) is 0.412. The summed E-state index contributed by atoms with van der Waals surface area (Å²) >= 11 is 0. The molecule has 0 aliphatic carbocycles. The maximum atomic E-state index is 12.6. The molecule has 1 saturated heterocycles. The Bertz CT molecular complexity index is 1510. The van der Waals surface area contributed by atoms with E-state index >= 15 is 0 Å². The molecule has 0 atom stereocenters. The van der Waals surface area contributed by atoms with Crippen molar-refractivity contribution in [2.24, 2.45) is 7.05 Å². The number of benzene rings is 2. The first-order chi connectivity index (χ1) is 16.4. The van der Waals surface area contributed by atoms with E-state index in [1.54, 1.807) is 19.1 Å². The number of aryl methyl sites for hydroxylation is 3. The SMILES string of the molecule is COc1noc2c(C)cc(/C(=C\CCN3CCOC3=O)c3cc(C)c4on(C)c(=O)c4c3)cc12. The normalized spacial score (nSPS) is 14.4. The minimum atomic E-state index is -0.291. The number of hydrogen-bond donors (Lipinski definition) is 0. The molecule has 1 aliphatic rings. The molecule has 2 aromatic heterocycles. The van der Waals surface area contributed by atoms with Crippen molar-refractivity contribution < 1.29 is 23.3 Å². The van der Waals surface area contributed by atoms with Crippen LogP contribution in [0.1, 0.15) is 28.7 Å². The van der Waals surface area contributed by atoms with Crippen LogP contribution in [0.2, 0.25) is 0 Å². The number of carbonyl (C=O) groups is 1. The Hall–Kier alpha value is -4.01. The summed E-state index contributed by atoms with van der Waals surface area (Å²) in [7, 11) is 3.15. The Morgan fingerprint density at radius 2 is 1.79 bits per heavy atom. The molecule has 1 aliphatic heterocycles. The Balaban J connectivity index is 1.65. The lowest BCUT2D eigenvalue weighted by atomic mass is 9.92. The molecule has 176 valence electrons. The fourth-order valence-electron chi connectivity index (χ4n) is 4.45. The van der Waals surface area contributed by atoms with Crippen LogP contribution in [0.5, 0.6) is 5.88 Å². The lowest BCUT2D eigenvalue weighted by Crippen LogP contribution is -2.24. The van der Waals surface area contributed by atoms with Crippen molar-refractivity contribution in [2.75, 3.05) is 26.8 Å². The van der Waals surface area contributed by atoms with Gasteiger partial charge in [-0.1, -0.05) is 6.08 Å². The van der Waals surface area contributed by atoms with Crippen LogP contribution in [-0.2, 0) is 11.8 Å². The van der Waals surface area contributed by atoms with Gasteiger partial charge in [-0.05, 0) is 77.5 Å². The van der Waals surface area contributed by atoms with Gasteiger partial charge < -0.3 is 23.4 Å². The first kappa shape index (κ1) is 21.8. The molecule has 2 aromatic carbocycles. The van der Waals surface area contributed by atoms with E-state index in [2.05, 4.69) is 11.2 Å². The molecule has 0 bridgehead atoms. The standard InChI is InChI=1S/C25H25N3O6/c1-14-10-16(12-19-21(14)33-26-23(19)31-4)18(6-5-7-28-8-9-32-25(28)30)17-11-15(2)22-20(13-17)24(29)27(3)34-22/h6,10-13H,5,7-9H2,1-4H3/b18-6+. The second-order valence-corrected chi connectivity index (χ2v) is 8.43. The minimum Gasteiger partial charge on any atom is -0.478 e. The van der Waals surface area contributed by atoms with Gasteiger partial charge in [0.2, 0.25) is 0 Å². The van der Waals surface area contributed by atoms with Crippen molar-refractivity contribution in [1.29, 1.82) is 0 Å². The second-order valence-electron chi connectivity index (χ2n) is 8.43. The van der Waals surface area contributed by atoms with Crippen molar-refractivity contribution in [3.8, 4) is 5.88 Å². The predicted octanol–water partition coefficient (Wildman–Crippen LogP) is 4.17. The van der Waals surface area contributed by atoms with E-state index in [4.69, 9.17) is 18.5 Å². The maximum Gasteiger partial charge on any atom is 0.409 e. The fraction of sp³-hybridized carbons (Fsp3) is 0.320. The topological polar surface area (TPSA) is 99.9 Å². The molecule has 1 amide bonds. The van der Waals surface area contributed by atoms with E-state index in [1.807, 2.05) is 38.1 Å². The van der Waals surface area contributed by atoms with Crippen LogP contribution in [0.25, 0.3) is 27.5 Å². The molecular weight excluding hydrogens is 438 g/mol. The van der Waals surface area contributed by atoms with Crippen molar-refractivity contribution in [1.82, 2.24) is 14.8 Å². The number of amides is 1. The van der Waals surface area contributed by atoms with Gasteiger partial charge in [-0.2, -0.15) is 4.74 Å². The Morgan fingerprint density at radius 1 is 1.09 bits per heavy atom. The van der Waals surface area contributed by atoms with Crippen LogP contribution in [-0.4, -0.2) is 47.7 Å². The lowest BCUT2D eigenvalue weighted by Gasteiger charge is -2.14. The highest BCUT2D eigenvalue weighted by Crippen LogP contribution is 2.35. The van der Waals surface area contributed by atoms with Gasteiger partial charge in [-0.15, -0.1) is 0 Å². The van der Waals surface area contributed by atoms with Gasteiger partial charge in [0.05, 0.1) is 24.4 Å².